The minimum absolute atomic E-state index is 0.0796. The van der Waals surface area contributed by atoms with Crippen LogP contribution in [0.5, 0.6) is 0 Å². The fourth-order valence-corrected chi connectivity index (χ4v) is 3.63. The molecule has 0 amide bonds. The van der Waals surface area contributed by atoms with Crippen LogP contribution in [0.15, 0.2) is 60.8 Å². The number of nitrogens with zero attached hydrogens (tertiary/aromatic N) is 4. The fraction of sp³-hybridized carbons (Fsp3) is 0.217. The van der Waals surface area contributed by atoms with Crippen LogP contribution in [-0.2, 0) is 0 Å². The highest BCUT2D eigenvalue weighted by atomic mass is 16.6. The van der Waals surface area contributed by atoms with Crippen LogP contribution in [0.2, 0.25) is 0 Å². The number of nitro groups is 1. The first-order valence-electron chi connectivity index (χ1n) is 9.98. The molecule has 3 aromatic rings. The molecule has 0 unspecified atom stereocenters. The van der Waals surface area contributed by atoms with Crippen LogP contribution in [0.4, 0.5) is 11.4 Å². The van der Waals surface area contributed by atoms with Gasteiger partial charge in [-0.3, -0.25) is 10.1 Å². The standard InChI is InChI=1S/C23H22N4O3/c28-26-21(13-14-24-23(26)19-5-4-6-22(17-19)27(29)30)12-9-18-7-10-20(11-8-18)25-15-2-1-3-16-25/h4-14,17H,1-3,15-16H2. The van der Waals surface area contributed by atoms with Crippen LogP contribution in [0.1, 0.15) is 30.5 Å². The van der Waals surface area contributed by atoms with Crippen LogP contribution in [0.25, 0.3) is 23.5 Å². The third-order valence-electron chi connectivity index (χ3n) is 5.25. The lowest BCUT2D eigenvalue weighted by Crippen LogP contribution is -2.33. The Kier molecular flexibility index (Phi) is 5.70. The van der Waals surface area contributed by atoms with Gasteiger partial charge in [-0.1, -0.05) is 24.3 Å². The Morgan fingerprint density at radius 3 is 2.50 bits per heavy atom. The van der Waals surface area contributed by atoms with Crippen molar-refractivity contribution in [2.75, 3.05) is 18.0 Å². The molecular weight excluding hydrogens is 380 g/mol. The summed E-state index contributed by atoms with van der Waals surface area (Å²) in [5.41, 5.74) is 2.95. The summed E-state index contributed by atoms with van der Waals surface area (Å²) < 4.78 is 0.692. The zero-order valence-electron chi connectivity index (χ0n) is 16.5. The summed E-state index contributed by atoms with van der Waals surface area (Å²) in [4.78, 5) is 17.0. The van der Waals surface area contributed by atoms with Crippen LogP contribution in [0.3, 0.4) is 0 Å². The highest BCUT2D eigenvalue weighted by Crippen LogP contribution is 2.22. The van der Waals surface area contributed by atoms with E-state index in [4.69, 9.17) is 0 Å². The van der Waals surface area contributed by atoms with E-state index in [2.05, 4.69) is 22.0 Å². The highest BCUT2D eigenvalue weighted by molar-refractivity contribution is 5.68. The molecule has 0 aliphatic carbocycles. The van der Waals surface area contributed by atoms with Gasteiger partial charge >= 0.3 is 5.82 Å². The van der Waals surface area contributed by atoms with Gasteiger partial charge in [0.15, 0.2) is 0 Å². The second-order valence-electron chi connectivity index (χ2n) is 7.27. The van der Waals surface area contributed by atoms with Gasteiger partial charge in [0.25, 0.3) is 5.69 Å². The molecule has 2 heterocycles. The second kappa shape index (κ2) is 8.73. The molecule has 2 aromatic carbocycles. The lowest BCUT2D eigenvalue weighted by molar-refractivity contribution is -0.598. The molecule has 152 valence electrons. The summed E-state index contributed by atoms with van der Waals surface area (Å²) in [5, 5.41) is 23.8. The lowest BCUT2D eigenvalue weighted by atomic mass is 10.1. The number of anilines is 1. The molecular formula is C23H22N4O3. The monoisotopic (exact) mass is 402 g/mol. The Morgan fingerprint density at radius 1 is 1.00 bits per heavy atom. The third-order valence-corrected chi connectivity index (χ3v) is 5.25. The summed E-state index contributed by atoms with van der Waals surface area (Å²) in [6.07, 6.45) is 8.91. The number of nitro benzene ring substituents is 1. The van der Waals surface area contributed by atoms with Gasteiger partial charge in [0.05, 0.1) is 10.5 Å². The van der Waals surface area contributed by atoms with Gasteiger partial charge in [-0.05, 0) is 54.1 Å². The van der Waals surface area contributed by atoms with E-state index < -0.39 is 4.92 Å². The number of rotatable bonds is 5. The van der Waals surface area contributed by atoms with Gasteiger partial charge in [-0.15, -0.1) is 0 Å². The van der Waals surface area contributed by atoms with Crippen molar-refractivity contribution in [3.8, 4) is 11.4 Å². The molecule has 0 spiro atoms. The first-order valence-corrected chi connectivity index (χ1v) is 9.98. The van der Waals surface area contributed by atoms with Gasteiger partial charge in [-0.2, -0.15) is 0 Å². The van der Waals surface area contributed by atoms with Crippen molar-refractivity contribution in [2.45, 2.75) is 19.3 Å². The number of non-ortho nitro benzene ring substituents is 1. The van der Waals surface area contributed by atoms with E-state index in [1.807, 2.05) is 18.2 Å². The maximum Gasteiger partial charge on any atom is 0.333 e. The van der Waals surface area contributed by atoms with Gasteiger partial charge in [0.2, 0.25) is 0 Å². The fourth-order valence-electron chi connectivity index (χ4n) is 3.63. The minimum atomic E-state index is -0.490. The van der Waals surface area contributed by atoms with E-state index in [0.717, 1.165) is 18.7 Å². The average molecular weight is 402 g/mol. The van der Waals surface area contributed by atoms with Crippen molar-refractivity contribution in [1.82, 2.24) is 4.98 Å². The molecule has 1 aromatic heterocycles. The summed E-state index contributed by atoms with van der Waals surface area (Å²) in [7, 11) is 0. The number of aromatic nitrogens is 2. The van der Waals surface area contributed by atoms with Crippen molar-refractivity contribution >= 4 is 23.5 Å². The molecule has 1 fully saturated rings. The third kappa shape index (κ3) is 4.30. The molecule has 0 atom stereocenters. The van der Waals surface area contributed by atoms with E-state index in [1.165, 1.54) is 43.3 Å². The Labute approximate surface area is 174 Å². The molecule has 7 heteroatoms. The smallest absolute Gasteiger partial charge is 0.333 e. The average Bonchev–Trinajstić information content (AvgIpc) is 2.79. The summed E-state index contributed by atoms with van der Waals surface area (Å²) in [6, 6.07) is 15.8. The topological polar surface area (TPSA) is 86.2 Å². The molecule has 1 aliphatic rings. The predicted octanol–water partition coefficient (Wildman–Crippen LogP) is 4.45. The summed E-state index contributed by atoms with van der Waals surface area (Å²) in [5.74, 6) is 0.126. The Bertz CT molecular complexity index is 1070. The molecule has 0 saturated carbocycles. The molecule has 4 rings (SSSR count). The van der Waals surface area contributed by atoms with E-state index in [-0.39, 0.29) is 11.5 Å². The number of hydrogen-bond acceptors (Lipinski definition) is 5. The number of piperidine rings is 1. The van der Waals surface area contributed by atoms with Crippen molar-refractivity contribution in [3.63, 3.8) is 0 Å². The van der Waals surface area contributed by atoms with E-state index in [1.54, 1.807) is 24.3 Å². The second-order valence-corrected chi connectivity index (χ2v) is 7.27. The first kappa shape index (κ1) is 19.6. The minimum Gasteiger partial charge on any atom is -0.710 e. The summed E-state index contributed by atoms with van der Waals surface area (Å²) in [6.45, 7) is 2.20. The Morgan fingerprint density at radius 2 is 1.77 bits per heavy atom. The zero-order chi connectivity index (χ0) is 20.9. The maximum absolute atomic E-state index is 12.8. The van der Waals surface area contributed by atoms with E-state index in [0.29, 0.717) is 16.0 Å². The van der Waals surface area contributed by atoms with Gasteiger partial charge in [0.1, 0.15) is 11.9 Å². The van der Waals surface area contributed by atoms with Crippen molar-refractivity contribution in [3.05, 3.63) is 87.4 Å². The Hall–Kier alpha value is -3.74. The van der Waals surface area contributed by atoms with Crippen LogP contribution < -0.4 is 9.63 Å². The SMILES string of the molecule is O=[N+]([O-])c1cccc(-c2nccc(C=Cc3ccc(N4CCCCC4)cc3)[n+]2[O-])c1. The summed E-state index contributed by atoms with van der Waals surface area (Å²) >= 11 is 0. The van der Waals surface area contributed by atoms with Gasteiger partial charge in [0, 0.05) is 37.0 Å². The highest BCUT2D eigenvalue weighted by Gasteiger charge is 2.16. The first-order chi connectivity index (χ1) is 14.6. The normalized spacial score (nSPS) is 14.2. The molecule has 1 saturated heterocycles. The quantitative estimate of drug-likeness (QED) is 0.272. The van der Waals surface area contributed by atoms with E-state index in [9.17, 15) is 15.3 Å². The van der Waals surface area contributed by atoms with Crippen LogP contribution in [-0.4, -0.2) is 23.0 Å². The number of benzene rings is 2. The number of hydrogen-bond donors (Lipinski definition) is 0. The molecule has 1 aliphatic heterocycles. The van der Waals surface area contributed by atoms with Crippen molar-refractivity contribution < 1.29 is 9.65 Å². The molecule has 30 heavy (non-hydrogen) atoms. The molecule has 0 N–H and O–H groups in total. The molecule has 0 radical (unpaired) electrons. The van der Waals surface area contributed by atoms with E-state index >= 15 is 0 Å². The van der Waals surface area contributed by atoms with Gasteiger partial charge in [-0.25, -0.2) is 4.73 Å². The van der Waals surface area contributed by atoms with Gasteiger partial charge < -0.3 is 10.1 Å². The zero-order valence-corrected chi connectivity index (χ0v) is 16.5. The predicted molar refractivity (Wildman–Crippen MR) is 117 cm³/mol. The van der Waals surface area contributed by atoms with Crippen LogP contribution >= 0.6 is 0 Å². The largest absolute Gasteiger partial charge is 0.710 e. The molecule has 7 nitrogen and oxygen atoms in total. The maximum atomic E-state index is 12.8. The van der Waals surface area contributed by atoms with Crippen molar-refractivity contribution in [1.29, 1.82) is 0 Å². The van der Waals surface area contributed by atoms with Crippen molar-refractivity contribution in [2.24, 2.45) is 0 Å². The van der Waals surface area contributed by atoms with Crippen LogP contribution in [0, 0.1) is 15.3 Å². The Balaban J connectivity index is 1.55. The molecule has 0 bridgehead atoms. The lowest BCUT2D eigenvalue weighted by Gasteiger charge is -2.28.